The molecule has 0 fully saturated rings. The molecule has 3 N–H and O–H groups in total. The van der Waals surface area contributed by atoms with Crippen molar-refractivity contribution in [3.05, 3.63) is 12.7 Å². The Morgan fingerprint density at radius 1 is 1.00 bits per heavy atom. The van der Waals surface area contributed by atoms with Gasteiger partial charge in [-0.05, 0) is 25.7 Å². The zero-order valence-corrected chi connectivity index (χ0v) is 11.7. The van der Waals surface area contributed by atoms with Crippen LogP contribution in [0.1, 0.15) is 77.6 Å². The summed E-state index contributed by atoms with van der Waals surface area (Å²) in [5.41, 5.74) is 2.96. The minimum atomic E-state index is 0.528. The summed E-state index contributed by atoms with van der Waals surface area (Å²) in [7, 11) is 0. The van der Waals surface area contributed by atoms with E-state index < -0.39 is 0 Å². The van der Waals surface area contributed by atoms with Crippen molar-refractivity contribution < 1.29 is 0 Å². The van der Waals surface area contributed by atoms with Crippen molar-refractivity contribution in [3.8, 4) is 0 Å². The molecule has 0 rings (SSSR count). The van der Waals surface area contributed by atoms with Gasteiger partial charge in [0.2, 0.25) is 0 Å². The quantitative estimate of drug-likeness (QED) is 0.218. The number of allylic oxidation sites excluding steroid dienone is 1. The Labute approximate surface area is 108 Å². The highest BCUT2D eigenvalue weighted by atomic mass is 15.2. The fourth-order valence-electron chi connectivity index (χ4n) is 2.16. The van der Waals surface area contributed by atoms with Crippen LogP contribution < -0.4 is 11.3 Å². The number of hydrogen-bond acceptors (Lipinski definition) is 2. The predicted octanol–water partition coefficient (Wildman–Crippen LogP) is 4.32. The molecule has 0 amide bonds. The minimum absolute atomic E-state index is 0.528. The fourth-order valence-corrected chi connectivity index (χ4v) is 2.16. The maximum atomic E-state index is 5.59. The molecule has 1 unspecified atom stereocenters. The van der Waals surface area contributed by atoms with Crippen LogP contribution in [0.3, 0.4) is 0 Å². The van der Waals surface area contributed by atoms with Gasteiger partial charge in [-0.25, -0.2) is 0 Å². The van der Waals surface area contributed by atoms with E-state index in [-0.39, 0.29) is 0 Å². The third kappa shape index (κ3) is 11.9. The van der Waals surface area contributed by atoms with E-state index in [0.717, 1.165) is 6.42 Å². The molecule has 0 aliphatic heterocycles. The molecule has 0 heterocycles. The zero-order valence-electron chi connectivity index (χ0n) is 11.7. The molecule has 0 saturated heterocycles. The van der Waals surface area contributed by atoms with E-state index in [4.69, 9.17) is 5.84 Å². The van der Waals surface area contributed by atoms with E-state index in [9.17, 15) is 0 Å². The zero-order chi connectivity index (χ0) is 12.8. The third-order valence-corrected chi connectivity index (χ3v) is 3.35. The van der Waals surface area contributed by atoms with Crippen LogP contribution in [-0.4, -0.2) is 6.04 Å². The molecule has 17 heavy (non-hydrogen) atoms. The maximum absolute atomic E-state index is 5.59. The van der Waals surface area contributed by atoms with Crippen LogP contribution in [0.4, 0.5) is 0 Å². The van der Waals surface area contributed by atoms with Gasteiger partial charge in [0.05, 0.1) is 0 Å². The second-order valence-corrected chi connectivity index (χ2v) is 4.99. The molecule has 1 atom stereocenters. The summed E-state index contributed by atoms with van der Waals surface area (Å²) in [6.45, 7) is 6.00. The van der Waals surface area contributed by atoms with Crippen LogP contribution in [0.2, 0.25) is 0 Å². The van der Waals surface area contributed by atoms with Gasteiger partial charge in [0.15, 0.2) is 0 Å². The van der Waals surface area contributed by atoms with Crippen molar-refractivity contribution >= 4 is 0 Å². The summed E-state index contributed by atoms with van der Waals surface area (Å²) in [5.74, 6) is 5.59. The Balaban J connectivity index is 3.32. The lowest BCUT2D eigenvalue weighted by molar-refractivity contribution is 0.422. The minimum Gasteiger partial charge on any atom is -0.271 e. The first-order chi connectivity index (χ1) is 8.35. The molecular formula is C15H32N2. The van der Waals surface area contributed by atoms with Gasteiger partial charge in [-0.1, -0.05) is 57.9 Å². The molecule has 2 nitrogen and oxygen atoms in total. The van der Waals surface area contributed by atoms with Crippen LogP contribution >= 0.6 is 0 Å². The van der Waals surface area contributed by atoms with E-state index in [1.54, 1.807) is 0 Å². The molecule has 0 spiro atoms. The Bertz CT molecular complexity index is 157. The summed E-state index contributed by atoms with van der Waals surface area (Å²) in [5, 5.41) is 0. The lowest BCUT2D eigenvalue weighted by atomic mass is 10.0. The van der Waals surface area contributed by atoms with Gasteiger partial charge < -0.3 is 0 Å². The summed E-state index contributed by atoms with van der Waals surface area (Å²) < 4.78 is 0. The van der Waals surface area contributed by atoms with Crippen molar-refractivity contribution in [2.24, 2.45) is 5.84 Å². The van der Waals surface area contributed by atoms with E-state index in [1.807, 2.05) is 6.08 Å². The summed E-state index contributed by atoms with van der Waals surface area (Å²) in [4.78, 5) is 0. The Kier molecular flexibility index (Phi) is 13.4. The van der Waals surface area contributed by atoms with E-state index >= 15 is 0 Å². The van der Waals surface area contributed by atoms with Crippen LogP contribution in [0, 0.1) is 0 Å². The highest BCUT2D eigenvalue weighted by Gasteiger charge is 2.05. The van der Waals surface area contributed by atoms with Crippen molar-refractivity contribution in [2.45, 2.75) is 83.6 Å². The highest BCUT2D eigenvalue weighted by Crippen LogP contribution is 2.12. The standard InChI is InChI=1S/C15H32N2/c1-3-5-7-9-11-13-15(17-16)14-12-10-8-6-4-2/h3,15,17H,1,4-14,16H2,2H3. The van der Waals surface area contributed by atoms with Crippen LogP contribution in [0.5, 0.6) is 0 Å². The van der Waals surface area contributed by atoms with Crippen molar-refractivity contribution in [1.82, 2.24) is 5.43 Å². The molecular weight excluding hydrogens is 208 g/mol. The summed E-state index contributed by atoms with van der Waals surface area (Å²) in [6.07, 6.45) is 16.3. The topological polar surface area (TPSA) is 38.0 Å². The van der Waals surface area contributed by atoms with Crippen LogP contribution in [0.15, 0.2) is 12.7 Å². The average molecular weight is 240 g/mol. The summed E-state index contributed by atoms with van der Waals surface area (Å²) >= 11 is 0. The second kappa shape index (κ2) is 13.7. The first kappa shape index (κ1) is 16.7. The van der Waals surface area contributed by atoms with Crippen molar-refractivity contribution in [3.63, 3.8) is 0 Å². The number of nitrogens with two attached hydrogens (primary N) is 1. The first-order valence-corrected chi connectivity index (χ1v) is 7.42. The smallest absolute Gasteiger partial charge is 0.0210 e. The largest absolute Gasteiger partial charge is 0.271 e. The van der Waals surface area contributed by atoms with Crippen LogP contribution in [0.25, 0.3) is 0 Å². The number of unbranched alkanes of at least 4 members (excludes halogenated alkanes) is 7. The van der Waals surface area contributed by atoms with Gasteiger partial charge in [-0.3, -0.25) is 11.3 Å². The lowest BCUT2D eigenvalue weighted by Gasteiger charge is -2.15. The third-order valence-electron chi connectivity index (χ3n) is 3.35. The van der Waals surface area contributed by atoms with Gasteiger partial charge in [0, 0.05) is 6.04 Å². The summed E-state index contributed by atoms with van der Waals surface area (Å²) in [6, 6.07) is 0.528. The Hall–Kier alpha value is -0.340. The first-order valence-electron chi connectivity index (χ1n) is 7.42. The van der Waals surface area contributed by atoms with Gasteiger partial charge >= 0.3 is 0 Å². The fraction of sp³-hybridized carbons (Fsp3) is 0.867. The number of rotatable bonds is 13. The number of hydrazine groups is 1. The van der Waals surface area contributed by atoms with Crippen molar-refractivity contribution in [2.75, 3.05) is 0 Å². The number of hydrogen-bond donors (Lipinski definition) is 2. The normalized spacial score (nSPS) is 12.6. The van der Waals surface area contributed by atoms with Gasteiger partial charge in [-0.15, -0.1) is 6.58 Å². The molecule has 2 heteroatoms. The van der Waals surface area contributed by atoms with E-state index in [0.29, 0.717) is 6.04 Å². The lowest BCUT2D eigenvalue weighted by Crippen LogP contribution is -2.34. The van der Waals surface area contributed by atoms with Gasteiger partial charge in [-0.2, -0.15) is 0 Å². The van der Waals surface area contributed by atoms with Gasteiger partial charge in [0.25, 0.3) is 0 Å². The molecule has 102 valence electrons. The van der Waals surface area contributed by atoms with Gasteiger partial charge in [0.1, 0.15) is 0 Å². The van der Waals surface area contributed by atoms with Crippen LogP contribution in [-0.2, 0) is 0 Å². The SMILES string of the molecule is C=CCCCCCC(CCCCCCC)NN. The van der Waals surface area contributed by atoms with E-state index in [1.165, 1.54) is 64.2 Å². The predicted molar refractivity (Wildman–Crippen MR) is 77.8 cm³/mol. The monoisotopic (exact) mass is 240 g/mol. The molecule has 0 aromatic rings. The molecule has 0 aromatic heterocycles. The molecule has 0 aromatic carbocycles. The molecule has 0 bridgehead atoms. The highest BCUT2D eigenvalue weighted by molar-refractivity contribution is 4.67. The maximum Gasteiger partial charge on any atom is 0.0210 e. The molecule has 0 saturated carbocycles. The molecule has 0 aliphatic carbocycles. The van der Waals surface area contributed by atoms with E-state index in [2.05, 4.69) is 18.9 Å². The Morgan fingerprint density at radius 3 is 2.12 bits per heavy atom. The number of nitrogens with one attached hydrogen (secondary N) is 1. The average Bonchev–Trinajstić information content (AvgIpc) is 2.36. The second-order valence-electron chi connectivity index (χ2n) is 4.99. The van der Waals surface area contributed by atoms with Crippen molar-refractivity contribution in [1.29, 1.82) is 0 Å². The molecule has 0 radical (unpaired) electrons. The Morgan fingerprint density at radius 2 is 1.59 bits per heavy atom. The molecule has 0 aliphatic rings.